The summed E-state index contributed by atoms with van der Waals surface area (Å²) < 4.78 is 0. The second-order valence-electron chi connectivity index (χ2n) is 4.33. The summed E-state index contributed by atoms with van der Waals surface area (Å²) in [7, 11) is 0. The van der Waals surface area contributed by atoms with Crippen molar-refractivity contribution < 1.29 is 4.79 Å². The van der Waals surface area contributed by atoms with Crippen molar-refractivity contribution in [2.75, 3.05) is 17.2 Å². The number of rotatable bonds is 5. The summed E-state index contributed by atoms with van der Waals surface area (Å²) in [4.78, 5) is 11.8. The molecule has 1 amide bonds. The van der Waals surface area contributed by atoms with Gasteiger partial charge in [-0.1, -0.05) is 40.9 Å². The quantitative estimate of drug-likeness (QED) is 0.794. The zero-order valence-electron chi connectivity index (χ0n) is 11.0. The number of benzene rings is 2. The number of amides is 1. The Kier molecular flexibility index (Phi) is 5.74. The second-order valence-corrected chi connectivity index (χ2v) is 5.58. The first-order valence-corrected chi connectivity index (χ1v) is 7.43. The van der Waals surface area contributed by atoms with E-state index in [0.29, 0.717) is 39.4 Å². The minimum atomic E-state index is -0.104. The molecule has 0 aliphatic carbocycles. The average molecular weight is 344 g/mol. The molecule has 2 rings (SSSR count). The molecule has 0 unspecified atom stereocenters. The predicted molar refractivity (Wildman–Crippen MR) is 89.7 cm³/mol. The number of hydrogen-bond donors (Lipinski definition) is 2. The highest BCUT2D eigenvalue weighted by atomic mass is 35.5. The first kappa shape index (κ1) is 16.0. The van der Waals surface area contributed by atoms with E-state index in [1.165, 1.54) is 0 Å². The number of nitrogens with one attached hydrogen (secondary N) is 2. The van der Waals surface area contributed by atoms with E-state index in [1.54, 1.807) is 42.5 Å². The van der Waals surface area contributed by atoms with E-state index in [2.05, 4.69) is 10.6 Å². The summed E-state index contributed by atoms with van der Waals surface area (Å²) >= 11 is 17.8. The van der Waals surface area contributed by atoms with Crippen molar-refractivity contribution in [3.8, 4) is 0 Å². The number of hydrogen-bond acceptors (Lipinski definition) is 2. The number of para-hydroxylation sites is 1. The molecule has 0 fully saturated rings. The molecule has 0 radical (unpaired) electrons. The Morgan fingerprint density at radius 1 is 0.952 bits per heavy atom. The van der Waals surface area contributed by atoms with E-state index in [4.69, 9.17) is 34.8 Å². The van der Waals surface area contributed by atoms with E-state index >= 15 is 0 Å². The van der Waals surface area contributed by atoms with Crippen LogP contribution in [0.4, 0.5) is 11.4 Å². The predicted octanol–water partition coefficient (Wildman–Crippen LogP) is 5.09. The average Bonchev–Trinajstić information content (AvgIpc) is 2.45. The Balaban J connectivity index is 1.83. The summed E-state index contributed by atoms with van der Waals surface area (Å²) in [6.07, 6.45) is 0.296. The van der Waals surface area contributed by atoms with Gasteiger partial charge in [0, 0.05) is 23.7 Å². The van der Waals surface area contributed by atoms with Crippen LogP contribution in [0.2, 0.25) is 15.1 Å². The summed E-state index contributed by atoms with van der Waals surface area (Å²) in [5.41, 5.74) is 1.35. The molecule has 6 heteroatoms. The van der Waals surface area contributed by atoms with E-state index in [0.717, 1.165) is 0 Å². The first-order valence-electron chi connectivity index (χ1n) is 6.29. The lowest BCUT2D eigenvalue weighted by molar-refractivity contribution is -0.115. The zero-order chi connectivity index (χ0) is 15.2. The molecule has 0 spiro atoms. The van der Waals surface area contributed by atoms with Gasteiger partial charge in [0.25, 0.3) is 0 Å². The monoisotopic (exact) mass is 342 g/mol. The Hall–Kier alpha value is -1.42. The molecule has 0 saturated heterocycles. The van der Waals surface area contributed by atoms with Crippen LogP contribution in [-0.4, -0.2) is 12.5 Å². The highest BCUT2D eigenvalue weighted by Crippen LogP contribution is 2.29. The third-order valence-electron chi connectivity index (χ3n) is 2.74. The van der Waals surface area contributed by atoms with Gasteiger partial charge in [0.05, 0.1) is 15.7 Å². The maximum absolute atomic E-state index is 11.8. The molecule has 0 heterocycles. The molecule has 3 nitrogen and oxygen atoms in total. The minimum absolute atomic E-state index is 0.104. The molecule has 0 atom stereocenters. The van der Waals surface area contributed by atoms with Crippen LogP contribution in [0.25, 0.3) is 0 Å². The Morgan fingerprint density at radius 3 is 2.19 bits per heavy atom. The van der Waals surface area contributed by atoms with Crippen LogP contribution >= 0.6 is 34.8 Å². The van der Waals surface area contributed by atoms with Gasteiger partial charge in [-0.05, 0) is 36.4 Å². The van der Waals surface area contributed by atoms with Crippen LogP contribution in [0.1, 0.15) is 6.42 Å². The second kappa shape index (κ2) is 7.55. The molecule has 0 bridgehead atoms. The van der Waals surface area contributed by atoms with Crippen molar-refractivity contribution in [3.05, 3.63) is 57.5 Å². The van der Waals surface area contributed by atoms with Crippen LogP contribution in [0.5, 0.6) is 0 Å². The Labute approximate surface area is 138 Å². The van der Waals surface area contributed by atoms with Crippen LogP contribution in [0.3, 0.4) is 0 Å². The van der Waals surface area contributed by atoms with E-state index < -0.39 is 0 Å². The number of carbonyl (C=O) groups excluding carboxylic acids is 1. The van der Waals surface area contributed by atoms with Crippen LogP contribution in [0, 0.1) is 0 Å². The smallest absolute Gasteiger partial charge is 0.226 e. The van der Waals surface area contributed by atoms with Crippen LogP contribution in [-0.2, 0) is 4.79 Å². The normalized spacial score (nSPS) is 10.2. The van der Waals surface area contributed by atoms with Gasteiger partial charge in [-0.3, -0.25) is 4.79 Å². The lowest BCUT2D eigenvalue weighted by atomic mass is 10.3. The maximum Gasteiger partial charge on any atom is 0.226 e. The maximum atomic E-state index is 11.8. The standard InChI is InChI=1S/C15H13Cl3N2O/c16-10-4-6-11(7-5-10)20-14(21)8-9-19-15-12(17)2-1-3-13(15)18/h1-7,19H,8-9H2,(H,20,21). The molecule has 0 aliphatic rings. The fourth-order valence-corrected chi connectivity index (χ4v) is 2.38. The molecule has 2 aromatic carbocycles. The van der Waals surface area contributed by atoms with Gasteiger partial charge in [0.1, 0.15) is 0 Å². The largest absolute Gasteiger partial charge is 0.382 e. The van der Waals surface area contributed by atoms with Gasteiger partial charge < -0.3 is 10.6 Å². The molecular weight excluding hydrogens is 331 g/mol. The Bertz CT molecular complexity index is 609. The minimum Gasteiger partial charge on any atom is -0.382 e. The molecule has 0 aromatic heterocycles. The van der Waals surface area contributed by atoms with E-state index in [1.807, 2.05) is 0 Å². The summed E-state index contributed by atoms with van der Waals surface area (Å²) in [6.45, 7) is 0.433. The van der Waals surface area contributed by atoms with Gasteiger partial charge >= 0.3 is 0 Å². The summed E-state index contributed by atoms with van der Waals surface area (Å²) in [6, 6.07) is 12.2. The van der Waals surface area contributed by atoms with Crippen molar-refractivity contribution >= 4 is 52.1 Å². The molecule has 2 N–H and O–H groups in total. The molecule has 0 saturated carbocycles. The van der Waals surface area contributed by atoms with Crippen molar-refractivity contribution in [2.45, 2.75) is 6.42 Å². The van der Waals surface area contributed by atoms with Gasteiger partial charge in [0.15, 0.2) is 0 Å². The van der Waals surface area contributed by atoms with Gasteiger partial charge in [-0.15, -0.1) is 0 Å². The van der Waals surface area contributed by atoms with Gasteiger partial charge in [-0.25, -0.2) is 0 Å². The highest BCUT2D eigenvalue weighted by Gasteiger charge is 2.06. The Morgan fingerprint density at radius 2 is 1.57 bits per heavy atom. The number of anilines is 2. The van der Waals surface area contributed by atoms with Crippen molar-refractivity contribution in [3.63, 3.8) is 0 Å². The summed E-state index contributed by atoms with van der Waals surface area (Å²) in [5, 5.41) is 7.53. The molecular formula is C15H13Cl3N2O. The van der Waals surface area contributed by atoms with Crippen LogP contribution in [0.15, 0.2) is 42.5 Å². The van der Waals surface area contributed by atoms with Crippen molar-refractivity contribution in [2.24, 2.45) is 0 Å². The third-order valence-corrected chi connectivity index (χ3v) is 3.63. The fraction of sp³-hybridized carbons (Fsp3) is 0.133. The summed E-state index contributed by atoms with van der Waals surface area (Å²) in [5.74, 6) is -0.104. The molecule has 110 valence electrons. The highest BCUT2D eigenvalue weighted by molar-refractivity contribution is 6.39. The van der Waals surface area contributed by atoms with Gasteiger partial charge in [0.2, 0.25) is 5.91 Å². The molecule has 2 aromatic rings. The topological polar surface area (TPSA) is 41.1 Å². The van der Waals surface area contributed by atoms with Crippen molar-refractivity contribution in [1.29, 1.82) is 0 Å². The zero-order valence-corrected chi connectivity index (χ0v) is 13.3. The lowest BCUT2D eigenvalue weighted by Gasteiger charge is -2.10. The number of carbonyl (C=O) groups is 1. The molecule has 0 aliphatic heterocycles. The SMILES string of the molecule is O=C(CCNc1c(Cl)cccc1Cl)Nc1ccc(Cl)cc1. The fourth-order valence-electron chi connectivity index (χ4n) is 1.72. The van der Waals surface area contributed by atoms with Crippen molar-refractivity contribution in [1.82, 2.24) is 0 Å². The number of halogens is 3. The van der Waals surface area contributed by atoms with E-state index in [9.17, 15) is 4.79 Å². The van der Waals surface area contributed by atoms with E-state index in [-0.39, 0.29) is 5.91 Å². The van der Waals surface area contributed by atoms with Gasteiger partial charge in [-0.2, -0.15) is 0 Å². The first-order chi connectivity index (χ1) is 10.1. The molecule has 21 heavy (non-hydrogen) atoms. The van der Waals surface area contributed by atoms with Crippen LogP contribution < -0.4 is 10.6 Å². The third kappa shape index (κ3) is 4.81. The lowest BCUT2D eigenvalue weighted by Crippen LogP contribution is -2.16.